The number of benzene rings is 3. The first-order chi connectivity index (χ1) is 10.4. The van der Waals surface area contributed by atoms with Gasteiger partial charge in [0.1, 0.15) is 0 Å². The molecule has 0 N–H and O–H groups in total. The maximum atomic E-state index is 4.94. The zero-order chi connectivity index (χ0) is 14.5. The predicted octanol–water partition coefficient (Wildman–Crippen LogP) is 4.37. The topological polar surface area (TPSA) is 12.4 Å². The summed E-state index contributed by atoms with van der Waals surface area (Å²) in [4.78, 5) is 0. The molecule has 0 amide bonds. The van der Waals surface area contributed by atoms with Crippen molar-refractivity contribution < 1.29 is 0 Å². The minimum atomic E-state index is -1.91. The van der Waals surface area contributed by atoms with E-state index in [1.165, 1.54) is 15.9 Å². The van der Waals surface area contributed by atoms with Crippen molar-refractivity contribution in [2.24, 2.45) is 4.74 Å². The summed E-state index contributed by atoms with van der Waals surface area (Å²) in [6.45, 7) is 0. The molecule has 112 valence electrons. The van der Waals surface area contributed by atoms with Gasteiger partial charge in [-0.25, -0.2) is 0 Å². The Hall–Kier alpha value is -1.63. The predicted molar refractivity (Wildman–Crippen MR) is 104 cm³/mol. The second kappa shape index (κ2) is 7.58. The van der Waals surface area contributed by atoms with Gasteiger partial charge >= 0.3 is 0 Å². The molecule has 1 nitrogen and oxygen atoms in total. The number of nitrogens with zero attached hydrogens (tertiary/aromatic N) is 1. The van der Waals surface area contributed by atoms with Gasteiger partial charge in [0.2, 0.25) is 0 Å². The highest BCUT2D eigenvalue weighted by atomic mass is 79.9. The molecule has 0 bridgehead atoms. The first-order valence-corrected chi connectivity index (χ1v) is 8.79. The van der Waals surface area contributed by atoms with Gasteiger partial charge in [0.05, 0.1) is 7.05 Å². The standard InChI is InChI=1S/C19H18NP.BrH/c1-20-21(17-11-5-2-6-12-17,18-13-7-3-8-14-18)19-15-9-4-10-16-19;/h2-16H,1H3;1H. The Morgan fingerprint density at radius 1 is 0.545 bits per heavy atom. The fraction of sp³-hybridized carbons (Fsp3) is 0.0526. The Bertz CT molecular complexity index is 652. The van der Waals surface area contributed by atoms with Gasteiger partial charge < -0.3 is 0 Å². The van der Waals surface area contributed by atoms with E-state index in [0.29, 0.717) is 0 Å². The maximum absolute atomic E-state index is 4.94. The molecule has 0 radical (unpaired) electrons. The van der Waals surface area contributed by atoms with E-state index >= 15 is 0 Å². The molecule has 0 aromatic heterocycles. The highest BCUT2D eigenvalue weighted by Gasteiger charge is 2.25. The number of hydrogen-bond acceptors (Lipinski definition) is 1. The zero-order valence-corrected chi connectivity index (χ0v) is 15.1. The van der Waals surface area contributed by atoms with Crippen LogP contribution in [0.3, 0.4) is 0 Å². The van der Waals surface area contributed by atoms with Gasteiger partial charge in [-0.1, -0.05) is 91.0 Å². The minimum absolute atomic E-state index is 0. The summed E-state index contributed by atoms with van der Waals surface area (Å²) in [6, 6.07) is 31.9. The minimum Gasteiger partial charge on any atom is -0.293 e. The van der Waals surface area contributed by atoms with Crippen molar-refractivity contribution in [3.63, 3.8) is 0 Å². The first kappa shape index (κ1) is 16.7. The lowest BCUT2D eigenvalue weighted by molar-refractivity contribution is 1.49. The molecule has 3 rings (SSSR count). The molecule has 22 heavy (non-hydrogen) atoms. The van der Waals surface area contributed by atoms with Crippen molar-refractivity contribution in [1.82, 2.24) is 0 Å². The summed E-state index contributed by atoms with van der Waals surface area (Å²) in [5.74, 6) is 0. The van der Waals surface area contributed by atoms with Crippen LogP contribution in [0.4, 0.5) is 0 Å². The van der Waals surface area contributed by atoms with Crippen LogP contribution in [0.5, 0.6) is 0 Å². The molecular weight excluding hydrogens is 353 g/mol. The van der Waals surface area contributed by atoms with Crippen molar-refractivity contribution in [1.29, 1.82) is 0 Å². The molecule has 3 aromatic carbocycles. The second-order valence-electron chi connectivity index (χ2n) is 4.84. The highest BCUT2D eigenvalue weighted by molar-refractivity contribution is 8.93. The average Bonchev–Trinajstić information content (AvgIpc) is 2.59. The van der Waals surface area contributed by atoms with Crippen LogP contribution >= 0.6 is 24.0 Å². The quantitative estimate of drug-likeness (QED) is 0.606. The van der Waals surface area contributed by atoms with Crippen molar-refractivity contribution in [3.8, 4) is 0 Å². The molecule has 0 heterocycles. The van der Waals surface area contributed by atoms with Crippen LogP contribution in [-0.2, 0) is 0 Å². The van der Waals surface area contributed by atoms with Gasteiger partial charge in [-0.05, 0) is 0 Å². The van der Waals surface area contributed by atoms with Gasteiger partial charge in [0, 0.05) is 23.0 Å². The van der Waals surface area contributed by atoms with Gasteiger partial charge in [-0.2, -0.15) is 0 Å². The van der Waals surface area contributed by atoms with Gasteiger partial charge in [-0.15, -0.1) is 17.0 Å². The molecule has 3 aromatic rings. The Balaban J connectivity index is 0.00000176. The van der Waals surface area contributed by atoms with E-state index < -0.39 is 7.05 Å². The van der Waals surface area contributed by atoms with E-state index in [-0.39, 0.29) is 17.0 Å². The van der Waals surface area contributed by atoms with E-state index in [9.17, 15) is 0 Å². The van der Waals surface area contributed by atoms with Crippen molar-refractivity contribution in [2.75, 3.05) is 7.05 Å². The van der Waals surface area contributed by atoms with Crippen molar-refractivity contribution >= 4 is 39.9 Å². The summed E-state index contributed by atoms with van der Waals surface area (Å²) in [6.07, 6.45) is 0. The molecule has 0 aliphatic rings. The molecule has 0 saturated carbocycles. The van der Waals surface area contributed by atoms with Crippen LogP contribution in [0.1, 0.15) is 0 Å². The number of hydrogen-bond donors (Lipinski definition) is 0. The van der Waals surface area contributed by atoms with E-state index in [2.05, 4.69) is 91.0 Å². The van der Waals surface area contributed by atoms with Gasteiger partial charge in [0.25, 0.3) is 0 Å². The molecular formula is C19H19BrNP. The van der Waals surface area contributed by atoms with Crippen molar-refractivity contribution in [2.45, 2.75) is 0 Å². The second-order valence-corrected chi connectivity index (χ2v) is 8.06. The third-order valence-electron chi connectivity index (χ3n) is 3.69. The summed E-state index contributed by atoms with van der Waals surface area (Å²) in [7, 11) is 0.0361. The lowest BCUT2D eigenvalue weighted by Gasteiger charge is -2.26. The molecule has 0 aliphatic heterocycles. The monoisotopic (exact) mass is 371 g/mol. The van der Waals surface area contributed by atoms with Crippen LogP contribution in [-0.4, -0.2) is 7.05 Å². The SMILES string of the molecule is Br.CN=P(c1ccccc1)(c1ccccc1)c1ccccc1. The Kier molecular flexibility index (Phi) is 5.76. The van der Waals surface area contributed by atoms with Gasteiger partial charge in [0.15, 0.2) is 0 Å². The summed E-state index contributed by atoms with van der Waals surface area (Å²) >= 11 is 0. The molecule has 0 unspecified atom stereocenters. The third kappa shape index (κ3) is 2.95. The van der Waals surface area contributed by atoms with Crippen LogP contribution in [0.2, 0.25) is 0 Å². The largest absolute Gasteiger partial charge is 0.293 e. The highest BCUT2D eigenvalue weighted by Crippen LogP contribution is 2.45. The lowest BCUT2D eigenvalue weighted by atomic mass is 10.4. The summed E-state index contributed by atoms with van der Waals surface area (Å²) < 4.78 is 4.94. The molecule has 0 aliphatic carbocycles. The number of halogens is 1. The van der Waals surface area contributed by atoms with Crippen LogP contribution in [0, 0.1) is 0 Å². The number of rotatable bonds is 3. The molecule has 0 saturated heterocycles. The summed E-state index contributed by atoms with van der Waals surface area (Å²) in [5.41, 5.74) is 0. The fourth-order valence-corrected chi connectivity index (χ4v) is 6.12. The molecule has 0 atom stereocenters. The first-order valence-electron chi connectivity index (χ1n) is 7.05. The molecule has 0 spiro atoms. The maximum Gasteiger partial charge on any atom is 0.0543 e. The van der Waals surface area contributed by atoms with E-state index in [1.807, 2.05) is 7.05 Å². The summed E-state index contributed by atoms with van der Waals surface area (Å²) in [5, 5.41) is 3.89. The Morgan fingerprint density at radius 3 is 1.05 bits per heavy atom. The molecule has 3 heteroatoms. The van der Waals surface area contributed by atoms with Crippen LogP contribution < -0.4 is 15.9 Å². The Labute approximate surface area is 142 Å². The van der Waals surface area contributed by atoms with Crippen LogP contribution in [0.25, 0.3) is 0 Å². The normalized spacial score (nSPS) is 10.6. The van der Waals surface area contributed by atoms with E-state index in [4.69, 9.17) is 4.74 Å². The fourth-order valence-electron chi connectivity index (χ4n) is 2.72. The van der Waals surface area contributed by atoms with E-state index in [1.54, 1.807) is 0 Å². The van der Waals surface area contributed by atoms with E-state index in [0.717, 1.165) is 0 Å². The van der Waals surface area contributed by atoms with Crippen molar-refractivity contribution in [3.05, 3.63) is 91.0 Å². The van der Waals surface area contributed by atoms with Gasteiger partial charge in [-0.3, -0.25) is 4.74 Å². The smallest absolute Gasteiger partial charge is 0.0543 e. The lowest BCUT2D eigenvalue weighted by Crippen LogP contribution is -2.25. The zero-order valence-electron chi connectivity index (χ0n) is 12.5. The third-order valence-corrected chi connectivity index (χ3v) is 7.43. The molecule has 0 fully saturated rings. The average molecular weight is 372 g/mol. The Morgan fingerprint density at radius 2 is 0.818 bits per heavy atom. The van der Waals surface area contributed by atoms with Crippen LogP contribution in [0.15, 0.2) is 95.7 Å².